The van der Waals surface area contributed by atoms with Gasteiger partial charge in [0.25, 0.3) is 0 Å². The predicted octanol–water partition coefficient (Wildman–Crippen LogP) is 6.10. The highest BCUT2D eigenvalue weighted by Gasteiger charge is 2.29. The number of esters is 1. The fraction of sp³-hybridized carbons (Fsp3) is 0.273. The summed E-state index contributed by atoms with van der Waals surface area (Å²) in [5.74, 6) is 0.314. The molecule has 0 saturated heterocycles. The zero-order chi connectivity index (χ0) is 19.7. The molecule has 2 aliphatic rings. The molecule has 1 heterocycles. The first kappa shape index (κ1) is 19.0. The largest absolute Gasteiger partial charge is 0.452 e. The molecule has 1 aliphatic carbocycles. The maximum Gasteiger partial charge on any atom is 0.314 e. The topological polar surface area (TPSA) is 52.6 Å². The van der Waals surface area contributed by atoms with Gasteiger partial charge in [-0.1, -0.05) is 48.5 Å². The lowest BCUT2D eigenvalue weighted by atomic mass is 9.89. The third-order valence-electron chi connectivity index (χ3n) is 5.07. The summed E-state index contributed by atoms with van der Waals surface area (Å²) < 4.78 is 11.2. The third-order valence-corrected chi connectivity index (χ3v) is 5.73. The average Bonchev–Trinajstić information content (AvgIpc) is 3.00. The Balaban J connectivity index is 1.54. The van der Waals surface area contributed by atoms with Crippen molar-refractivity contribution in [3.8, 4) is 11.5 Å². The minimum absolute atomic E-state index is 0.0534. The minimum atomic E-state index is -0.267. The Kier molecular flexibility index (Phi) is 5.42. The number of Topliss-reactive ketones (excluding diaryl/α,β-unsaturated/α-hetero) is 1. The second kappa shape index (κ2) is 7.98. The van der Waals surface area contributed by atoms with Gasteiger partial charge in [0.2, 0.25) is 5.78 Å². The van der Waals surface area contributed by atoms with Crippen LogP contribution in [0.2, 0.25) is 10.0 Å². The van der Waals surface area contributed by atoms with Crippen LogP contribution < -0.4 is 9.47 Å². The number of halogens is 2. The maximum atomic E-state index is 12.6. The van der Waals surface area contributed by atoms with Crippen LogP contribution in [-0.2, 0) is 4.79 Å². The van der Waals surface area contributed by atoms with Crippen LogP contribution in [0, 0.1) is 5.92 Å². The van der Waals surface area contributed by atoms with Gasteiger partial charge in [-0.15, -0.1) is 0 Å². The molecule has 6 heteroatoms. The highest BCUT2D eigenvalue weighted by molar-refractivity contribution is 6.37. The summed E-state index contributed by atoms with van der Waals surface area (Å²) in [5.41, 5.74) is 0.929. The zero-order valence-electron chi connectivity index (χ0n) is 15.0. The third kappa shape index (κ3) is 3.80. The first-order chi connectivity index (χ1) is 13.5. The number of ketones is 1. The Morgan fingerprint density at radius 3 is 2.50 bits per heavy atom. The van der Waals surface area contributed by atoms with E-state index in [9.17, 15) is 9.59 Å². The number of rotatable bonds is 3. The van der Waals surface area contributed by atoms with Crippen LogP contribution in [0.5, 0.6) is 11.5 Å². The Bertz CT molecular complexity index is 954. The van der Waals surface area contributed by atoms with E-state index in [0.29, 0.717) is 32.7 Å². The van der Waals surface area contributed by atoms with Crippen LogP contribution in [0.4, 0.5) is 0 Å². The van der Waals surface area contributed by atoms with Crippen LogP contribution in [0.1, 0.15) is 48.0 Å². The molecule has 144 valence electrons. The number of carbonyl (C=O) groups excluding carboxylic acids is 2. The second-order valence-electron chi connectivity index (χ2n) is 6.99. The van der Waals surface area contributed by atoms with Crippen LogP contribution in [0.25, 0.3) is 6.08 Å². The van der Waals surface area contributed by atoms with Crippen molar-refractivity contribution >= 4 is 41.0 Å². The van der Waals surface area contributed by atoms with E-state index in [1.807, 2.05) is 0 Å². The number of carbonyl (C=O) groups is 2. The average molecular weight is 417 g/mol. The molecule has 0 unspecified atom stereocenters. The quantitative estimate of drug-likeness (QED) is 0.344. The molecule has 2 aromatic rings. The normalized spacial score (nSPS) is 18.1. The molecular formula is C22H18Cl2O4. The lowest BCUT2D eigenvalue weighted by molar-refractivity contribution is -0.139. The van der Waals surface area contributed by atoms with Gasteiger partial charge in [-0.3, -0.25) is 9.59 Å². The van der Waals surface area contributed by atoms with Gasteiger partial charge in [-0.25, -0.2) is 0 Å². The second-order valence-corrected chi connectivity index (χ2v) is 7.80. The van der Waals surface area contributed by atoms with Gasteiger partial charge in [0.15, 0.2) is 5.76 Å². The number of allylic oxidation sites excluding steroid dienone is 1. The van der Waals surface area contributed by atoms with Gasteiger partial charge in [-0.05, 0) is 43.2 Å². The summed E-state index contributed by atoms with van der Waals surface area (Å²) in [6.45, 7) is 0. The molecule has 28 heavy (non-hydrogen) atoms. The van der Waals surface area contributed by atoms with E-state index < -0.39 is 0 Å². The van der Waals surface area contributed by atoms with E-state index in [4.69, 9.17) is 32.7 Å². The van der Waals surface area contributed by atoms with Gasteiger partial charge in [-0.2, -0.15) is 0 Å². The summed E-state index contributed by atoms with van der Waals surface area (Å²) in [5, 5.41) is 0.851. The minimum Gasteiger partial charge on any atom is -0.452 e. The van der Waals surface area contributed by atoms with Crippen molar-refractivity contribution in [3.63, 3.8) is 0 Å². The van der Waals surface area contributed by atoms with E-state index in [-0.39, 0.29) is 23.4 Å². The smallest absolute Gasteiger partial charge is 0.314 e. The summed E-state index contributed by atoms with van der Waals surface area (Å²) in [4.78, 5) is 25.0. The molecule has 4 nitrogen and oxygen atoms in total. The van der Waals surface area contributed by atoms with Crippen LogP contribution >= 0.6 is 23.2 Å². The molecule has 1 aliphatic heterocycles. The van der Waals surface area contributed by atoms with Crippen molar-refractivity contribution in [1.82, 2.24) is 0 Å². The number of fused-ring (bicyclic) bond motifs is 1. The molecule has 2 aromatic carbocycles. The fourth-order valence-electron chi connectivity index (χ4n) is 3.55. The number of benzene rings is 2. The Morgan fingerprint density at radius 2 is 1.79 bits per heavy atom. The molecular weight excluding hydrogens is 399 g/mol. The molecule has 0 atom stereocenters. The molecule has 4 rings (SSSR count). The standard InChI is InChI=1S/C22H18Cl2O4/c23-17-7-4-8-18(24)16(17)12-20-21(25)15-10-9-14(11-19(15)28-20)27-22(26)13-5-2-1-3-6-13/h4,7-13H,1-3,5-6H2/b20-12-. The molecule has 0 spiro atoms. The van der Waals surface area contributed by atoms with E-state index in [2.05, 4.69) is 0 Å². The number of hydrogen-bond donors (Lipinski definition) is 0. The van der Waals surface area contributed by atoms with Gasteiger partial charge in [0.1, 0.15) is 11.5 Å². The maximum absolute atomic E-state index is 12.6. The van der Waals surface area contributed by atoms with Crippen molar-refractivity contribution in [2.45, 2.75) is 32.1 Å². The van der Waals surface area contributed by atoms with Crippen molar-refractivity contribution in [2.75, 3.05) is 0 Å². The molecule has 0 aromatic heterocycles. The predicted molar refractivity (Wildman–Crippen MR) is 108 cm³/mol. The summed E-state index contributed by atoms with van der Waals surface area (Å²) in [6, 6.07) is 9.90. The molecule has 0 N–H and O–H groups in total. The molecule has 0 radical (unpaired) electrons. The van der Waals surface area contributed by atoms with E-state index in [0.717, 1.165) is 25.7 Å². The van der Waals surface area contributed by atoms with Crippen LogP contribution in [0.3, 0.4) is 0 Å². The lowest BCUT2D eigenvalue weighted by Crippen LogP contribution is -2.22. The van der Waals surface area contributed by atoms with E-state index in [1.54, 1.807) is 36.4 Å². The number of hydrogen-bond acceptors (Lipinski definition) is 4. The first-order valence-corrected chi connectivity index (χ1v) is 10.0. The molecule has 1 fully saturated rings. The van der Waals surface area contributed by atoms with E-state index in [1.165, 1.54) is 12.5 Å². The fourth-order valence-corrected chi connectivity index (χ4v) is 4.05. The van der Waals surface area contributed by atoms with E-state index >= 15 is 0 Å². The molecule has 1 saturated carbocycles. The Morgan fingerprint density at radius 1 is 1.07 bits per heavy atom. The Hall–Kier alpha value is -2.30. The highest BCUT2D eigenvalue weighted by atomic mass is 35.5. The van der Waals surface area contributed by atoms with Crippen molar-refractivity contribution in [3.05, 3.63) is 63.3 Å². The number of ether oxygens (including phenoxy) is 2. The summed E-state index contributed by atoms with van der Waals surface area (Å²) >= 11 is 12.3. The van der Waals surface area contributed by atoms with Crippen molar-refractivity contribution in [1.29, 1.82) is 0 Å². The highest BCUT2D eigenvalue weighted by Crippen LogP contribution is 2.37. The first-order valence-electron chi connectivity index (χ1n) is 9.27. The van der Waals surface area contributed by atoms with Gasteiger partial charge < -0.3 is 9.47 Å². The van der Waals surface area contributed by atoms with Crippen LogP contribution in [-0.4, -0.2) is 11.8 Å². The summed E-state index contributed by atoms with van der Waals surface area (Å²) in [6.07, 6.45) is 6.54. The van der Waals surface area contributed by atoms with Crippen molar-refractivity contribution in [2.24, 2.45) is 5.92 Å². The van der Waals surface area contributed by atoms with Crippen LogP contribution in [0.15, 0.2) is 42.2 Å². The van der Waals surface area contributed by atoms with Crippen molar-refractivity contribution < 1.29 is 19.1 Å². The molecule has 0 amide bonds. The zero-order valence-corrected chi connectivity index (χ0v) is 16.6. The SMILES string of the molecule is O=C1/C(=C/c2c(Cl)cccc2Cl)Oc2cc(OC(=O)C3CCCCC3)ccc21. The van der Waals surface area contributed by atoms with Gasteiger partial charge in [0.05, 0.1) is 11.5 Å². The molecule has 0 bridgehead atoms. The lowest BCUT2D eigenvalue weighted by Gasteiger charge is -2.19. The summed E-state index contributed by atoms with van der Waals surface area (Å²) in [7, 11) is 0. The van der Waals surface area contributed by atoms with Gasteiger partial charge >= 0.3 is 5.97 Å². The monoisotopic (exact) mass is 416 g/mol. The Labute approximate surface area is 173 Å². The van der Waals surface area contributed by atoms with Gasteiger partial charge in [0, 0.05) is 21.7 Å².